The average Bonchev–Trinajstić information content (AvgIpc) is 3.18. The summed E-state index contributed by atoms with van der Waals surface area (Å²) in [5, 5.41) is 0. The Morgan fingerprint density at radius 1 is 1.32 bits per heavy atom. The third-order valence-electron chi connectivity index (χ3n) is 5.09. The van der Waals surface area contributed by atoms with Gasteiger partial charge in [-0.1, -0.05) is 6.07 Å². The summed E-state index contributed by atoms with van der Waals surface area (Å²) in [5.41, 5.74) is 0.169. The zero-order valence-corrected chi connectivity index (χ0v) is 15.5. The van der Waals surface area contributed by atoms with E-state index in [4.69, 9.17) is 9.15 Å². The lowest BCUT2D eigenvalue weighted by Gasteiger charge is -2.45. The number of piperazine rings is 2. The molecule has 0 unspecified atom stereocenters. The molecule has 4 rings (SSSR count). The number of halogens is 1. The molecule has 0 aliphatic carbocycles. The molecule has 0 bridgehead atoms. The lowest BCUT2D eigenvalue weighted by Crippen LogP contribution is -2.64. The smallest absolute Gasteiger partial charge is 0.275 e. The van der Waals surface area contributed by atoms with E-state index in [0.717, 1.165) is 6.54 Å². The molecule has 2 aliphatic rings. The van der Waals surface area contributed by atoms with Crippen LogP contribution in [0.5, 0.6) is 5.75 Å². The summed E-state index contributed by atoms with van der Waals surface area (Å²) in [5.74, 6) is -0.0702. The lowest BCUT2D eigenvalue weighted by atomic mass is 10.1. The van der Waals surface area contributed by atoms with E-state index in [0.29, 0.717) is 31.9 Å². The Morgan fingerprint density at radius 3 is 2.96 bits per heavy atom. The maximum absolute atomic E-state index is 13.2. The van der Waals surface area contributed by atoms with Gasteiger partial charge in [-0.3, -0.25) is 14.5 Å². The van der Waals surface area contributed by atoms with Crippen molar-refractivity contribution < 1.29 is 23.1 Å². The van der Waals surface area contributed by atoms with Crippen molar-refractivity contribution in [3.05, 3.63) is 47.9 Å². The van der Waals surface area contributed by atoms with Gasteiger partial charge >= 0.3 is 0 Å². The summed E-state index contributed by atoms with van der Waals surface area (Å²) in [7, 11) is 1.78. The molecule has 0 saturated carbocycles. The maximum Gasteiger partial charge on any atom is 0.275 e. The summed E-state index contributed by atoms with van der Waals surface area (Å²) >= 11 is 0. The van der Waals surface area contributed by atoms with Gasteiger partial charge in [0.2, 0.25) is 11.8 Å². The molecular formula is C19H21FN4O4. The normalized spacial score (nSPS) is 20.2. The Kier molecular flexibility index (Phi) is 4.99. The van der Waals surface area contributed by atoms with Crippen molar-refractivity contribution in [1.29, 1.82) is 0 Å². The van der Waals surface area contributed by atoms with Gasteiger partial charge in [0.25, 0.3) is 5.91 Å². The number of hydrogen-bond donors (Lipinski definition) is 0. The Labute approximate surface area is 161 Å². The van der Waals surface area contributed by atoms with E-state index < -0.39 is 5.82 Å². The first kappa shape index (κ1) is 18.4. The van der Waals surface area contributed by atoms with Crippen LogP contribution in [0.3, 0.4) is 0 Å². The van der Waals surface area contributed by atoms with E-state index in [-0.39, 0.29) is 36.0 Å². The number of amides is 2. The Balaban J connectivity index is 1.38. The van der Waals surface area contributed by atoms with Crippen molar-refractivity contribution in [2.75, 3.05) is 39.8 Å². The van der Waals surface area contributed by atoms with Gasteiger partial charge in [-0.15, -0.1) is 0 Å². The maximum atomic E-state index is 13.2. The summed E-state index contributed by atoms with van der Waals surface area (Å²) < 4.78 is 23.9. The second-order valence-electron chi connectivity index (χ2n) is 6.94. The van der Waals surface area contributed by atoms with Crippen LogP contribution in [-0.2, 0) is 11.4 Å². The van der Waals surface area contributed by atoms with Crippen molar-refractivity contribution in [2.24, 2.45) is 0 Å². The summed E-state index contributed by atoms with van der Waals surface area (Å²) in [4.78, 5) is 34.8. The molecule has 2 aliphatic heterocycles. The second kappa shape index (κ2) is 7.59. The molecule has 0 N–H and O–H groups in total. The lowest BCUT2D eigenvalue weighted by molar-refractivity contribution is -0.142. The standard InChI is InChI=1S/C19H21FN4O4/c1-22-5-6-23-7-8-24(10-16(23)19(22)26)18(25)15-11-28-17(21-15)12-27-14-4-2-3-13(20)9-14/h2-4,9,11,16H,5-8,10,12H2,1H3/t16-/m1/s1. The van der Waals surface area contributed by atoms with Gasteiger partial charge in [-0.05, 0) is 12.1 Å². The fourth-order valence-electron chi connectivity index (χ4n) is 3.49. The molecule has 1 aromatic carbocycles. The minimum absolute atomic E-state index is 0.0174. The van der Waals surface area contributed by atoms with Crippen molar-refractivity contribution in [2.45, 2.75) is 12.6 Å². The molecule has 1 aromatic heterocycles. The van der Waals surface area contributed by atoms with Crippen LogP contribution in [0.1, 0.15) is 16.4 Å². The molecule has 8 nitrogen and oxygen atoms in total. The number of likely N-dealkylation sites (N-methyl/N-ethyl adjacent to an activating group) is 1. The molecule has 2 saturated heterocycles. The van der Waals surface area contributed by atoms with Gasteiger partial charge in [-0.2, -0.15) is 0 Å². The SMILES string of the molecule is CN1CCN2CCN(C(=O)c3coc(COc4cccc(F)c4)n3)C[C@@H]2C1=O. The summed E-state index contributed by atoms with van der Waals surface area (Å²) in [6.07, 6.45) is 1.29. The van der Waals surface area contributed by atoms with E-state index in [2.05, 4.69) is 9.88 Å². The molecule has 148 valence electrons. The molecule has 9 heteroatoms. The highest BCUT2D eigenvalue weighted by Gasteiger charge is 2.39. The first-order valence-corrected chi connectivity index (χ1v) is 9.12. The molecule has 2 fully saturated rings. The predicted octanol–water partition coefficient (Wildman–Crippen LogP) is 0.991. The largest absolute Gasteiger partial charge is 0.484 e. The number of fused-ring (bicyclic) bond motifs is 1. The Morgan fingerprint density at radius 2 is 2.14 bits per heavy atom. The summed E-state index contributed by atoms with van der Waals surface area (Å²) in [6, 6.07) is 5.43. The van der Waals surface area contributed by atoms with Crippen LogP contribution in [0.15, 0.2) is 34.9 Å². The number of carbonyl (C=O) groups excluding carboxylic acids is 2. The van der Waals surface area contributed by atoms with Gasteiger partial charge in [-0.25, -0.2) is 9.37 Å². The van der Waals surface area contributed by atoms with Gasteiger partial charge in [0.05, 0.1) is 0 Å². The zero-order valence-electron chi connectivity index (χ0n) is 15.5. The van der Waals surface area contributed by atoms with Crippen LogP contribution in [0.25, 0.3) is 0 Å². The highest BCUT2D eigenvalue weighted by molar-refractivity contribution is 5.93. The Bertz CT molecular complexity index is 886. The summed E-state index contributed by atoms with van der Waals surface area (Å²) in [6.45, 7) is 3.04. The van der Waals surface area contributed by atoms with Gasteiger partial charge in [0, 0.05) is 45.8 Å². The number of ether oxygens (including phenoxy) is 1. The fourth-order valence-corrected chi connectivity index (χ4v) is 3.49. The fraction of sp³-hybridized carbons (Fsp3) is 0.421. The molecule has 0 radical (unpaired) electrons. The van der Waals surface area contributed by atoms with Gasteiger partial charge in [0.15, 0.2) is 12.3 Å². The van der Waals surface area contributed by atoms with Crippen LogP contribution in [-0.4, -0.2) is 77.3 Å². The number of nitrogens with zero attached hydrogens (tertiary/aromatic N) is 4. The van der Waals surface area contributed by atoms with E-state index >= 15 is 0 Å². The number of benzene rings is 1. The number of carbonyl (C=O) groups is 2. The van der Waals surface area contributed by atoms with E-state index in [1.807, 2.05) is 0 Å². The van der Waals surface area contributed by atoms with Crippen molar-refractivity contribution >= 4 is 11.8 Å². The number of oxazole rings is 1. The topological polar surface area (TPSA) is 79.1 Å². The number of hydrogen-bond acceptors (Lipinski definition) is 6. The second-order valence-corrected chi connectivity index (χ2v) is 6.94. The van der Waals surface area contributed by atoms with Gasteiger partial charge in [0.1, 0.15) is 23.9 Å². The Hall–Kier alpha value is -2.94. The third-order valence-corrected chi connectivity index (χ3v) is 5.09. The van der Waals surface area contributed by atoms with Crippen LogP contribution in [0.4, 0.5) is 4.39 Å². The monoisotopic (exact) mass is 388 g/mol. The first-order chi connectivity index (χ1) is 13.5. The highest BCUT2D eigenvalue weighted by Crippen LogP contribution is 2.19. The minimum atomic E-state index is -0.400. The third kappa shape index (κ3) is 3.70. The van der Waals surface area contributed by atoms with Crippen LogP contribution in [0, 0.1) is 5.82 Å². The minimum Gasteiger partial charge on any atom is -0.484 e. The number of rotatable bonds is 4. The van der Waals surface area contributed by atoms with Crippen molar-refractivity contribution in [3.8, 4) is 5.75 Å². The van der Waals surface area contributed by atoms with Crippen molar-refractivity contribution in [3.63, 3.8) is 0 Å². The van der Waals surface area contributed by atoms with Crippen LogP contribution < -0.4 is 4.74 Å². The molecule has 1 atom stereocenters. The van der Waals surface area contributed by atoms with Crippen LogP contribution >= 0.6 is 0 Å². The van der Waals surface area contributed by atoms with Gasteiger partial charge < -0.3 is 19.0 Å². The van der Waals surface area contributed by atoms with E-state index in [1.165, 1.54) is 18.4 Å². The van der Waals surface area contributed by atoms with E-state index in [1.54, 1.807) is 29.0 Å². The number of aromatic nitrogens is 1. The molecule has 0 spiro atoms. The first-order valence-electron chi connectivity index (χ1n) is 9.12. The highest BCUT2D eigenvalue weighted by atomic mass is 19.1. The predicted molar refractivity (Wildman–Crippen MR) is 96.1 cm³/mol. The van der Waals surface area contributed by atoms with Crippen LogP contribution in [0.2, 0.25) is 0 Å². The average molecular weight is 388 g/mol. The molecule has 3 heterocycles. The quantitative estimate of drug-likeness (QED) is 0.777. The molecule has 2 amide bonds. The van der Waals surface area contributed by atoms with Crippen molar-refractivity contribution in [1.82, 2.24) is 19.7 Å². The van der Waals surface area contributed by atoms with E-state index in [9.17, 15) is 14.0 Å². The zero-order chi connectivity index (χ0) is 19.7. The molecule has 2 aromatic rings. The molecular weight excluding hydrogens is 367 g/mol. The molecule has 28 heavy (non-hydrogen) atoms.